The fraction of sp³-hybridized carbons (Fsp3) is 0.583. The lowest BCUT2D eigenvalue weighted by Crippen LogP contribution is -2.41. The minimum Gasteiger partial charge on any atom is -0.478 e. The number of rotatable bonds is 8. The molecule has 2 aliphatic heterocycles. The average molecular weight is 697 g/mol. The highest BCUT2D eigenvalue weighted by Gasteiger charge is 2.52. The number of carbonyl (C=O) groups excluding carboxylic acids is 2. The van der Waals surface area contributed by atoms with Gasteiger partial charge in [-0.3, -0.25) is 4.79 Å². The molecule has 2 aliphatic rings. The van der Waals surface area contributed by atoms with Crippen LogP contribution in [0.4, 0.5) is 4.79 Å². The molecule has 0 spiro atoms. The van der Waals surface area contributed by atoms with E-state index < -0.39 is 43.1 Å². The Morgan fingerprint density at radius 2 is 1.04 bits per heavy atom. The lowest BCUT2D eigenvalue weighted by atomic mass is 9.79. The molecule has 0 atom stereocenters. The Bertz CT molecular complexity index is 1390. The highest BCUT2D eigenvalue weighted by Crippen LogP contribution is 2.37. The number of hydrogen-bond donors (Lipinski definition) is 4. The number of hydrogen-bond acceptors (Lipinski definition) is 9. The third kappa shape index (κ3) is 12.1. The zero-order valence-electron chi connectivity index (χ0n) is 31.9. The molecule has 0 unspecified atom stereocenters. The van der Waals surface area contributed by atoms with E-state index >= 15 is 0 Å². The van der Waals surface area contributed by atoms with Gasteiger partial charge < -0.3 is 44.8 Å². The predicted octanol–water partition coefficient (Wildman–Crippen LogP) is 4.28. The molecule has 12 nitrogen and oxygen atoms in total. The fourth-order valence-electron chi connectivity index (χ4n) is 4.29. The summed E-state index contributed by atoms with van der Waals surface area (Å²) >= 11 is 0. The van der Waals surface area contributed by atoms with Gasteiger partial charge in [-0.1, -0.05) is 31.2 Å². The standard InChI is InChI=1S/C20H31BN2O5.C13H17BO4.C3H9N/c1-18(2,3)26-17(25)23-13-12-22-16(24)14-8-10-15(11-9-14)21-27-19(4,5)20(6,7)28-21;1-12(2)13(3,4)18-14(17-12)10-7-5-9(6-8-10)11(15)16;1-2-3-4/h8-11H,12-13H2,1-7H3,(H,22,24)(H,23,25);5-8H,1-4H3,(H,15,16);2-4H2,1H3. The number of carbonyl (C=O) groups is 3. The Balaban J connectivity index is 0.000000336. The van der Waals surface area contributed by atoms with Crippen molar-refractivity contribution < 1.29 is 42.8 Å². The largest absolute Gasteiger partial charge is 0.494 e. The first-order chi connectivity index (χ1) is 22.9. The first-order valence-electron chi connectivity index (χ1n) is 17.0. The first kappa shape index (κ1) is 42.7. The van der Waals surface area contributed by atoms with E-state index in [-0.39, 0.29) is 29.2 Å². The topological polar surface area (TPSA) is 168 Å². The molecule has 276 valence electrons. The second kappa shape index (κ2) is 17.2. The zero-order chi connectivity index (χ0) is 38.1. The third-order valence-corrected chi connectivity index (χ3v) is 8.75. The van der Waals surface area contributed by atoms with Crippen molar-refractivity contribution in [2.75, 3.05) is 19.6 Å². The summed E-state index contributed by atoms with van der Waals surface area (Å²) in [6.45, 7) is 24.8. The zero-order valence-corrected chi connectivity index (χ0v) is 31.9. The van der Waals surface area contributed by atoms with Gasteiger partial charge in [0, 0.05) is 18.7 Å². The Morgan fingerprint density at radius 1 is 0.700 bits per heavy atom. The molecule has 14 heteroatoms. The summed E-state index contributed by atoms with van der Waals surface area (Å²) in [5, 5.41) is 14.2. The van der Waals surface area contributed by atoms with Crippen molar-refractivity contribution in [2.45, 2.75) is 118 Å². The quantitative estimate of drug-likeness (QED) is 0.231. The molecular formula is C36H57B2N3O9. The van der Waals surface area contributed by atoms with Crippen LogP contribution in [0.15, 0.2) is 48.5 Å². The molecule has 50 heavy (non-hydrogen) atoms. The molecule has 0 saturated carbocycles. The van der Waals surface area contributed by atoms with E-state index in [9.17, 15) is 14.4 Å². The minimum absolute atomic E-state index is 0.216. The van der Waals surface area contributed by atoms with Crippen LogP contribution < -0.4 is 27.3 Å². The molecule has 0 bridgehead atoms. The molecule has 4 rings (SSSR count). The van der Waals surface area contributed by atoms with Crippen LogP contribution in [0.3, 0.4) is 0 Å². The lowest BCUT2D eigenvalue weighted by molar-refractivity contribution is 0.00578. The van der Waals surface area contributed by atoms with Crippen molar-refractivity contribution in [1.29, 1.82) is 0 Å². The SMILES string of the molecule is CC(C)(C)OC(=O)NCCNC(=O)c1ccc(B2OC(C)(C)C(C)(C)O2)cc1.CC1(C)OB(c2ccc(C(=O)O)cc2)OC1(C)C.CCCN. The average Bonchev–Trinajstić information content (AvgIpc) is 3.38. The molecule has 0 radical (unpaired) electrons. The van der Waals surface area contributed by atoms with Crippen LogP contribution >= 0.6 is 0 Å². The number of carboxylic acids is 1. The highest BCUT2D eigenvalue weighted by molar-refractivity contribution is 6.62. The normalized spacial score (nSPS) is 18.2. The minimum atomic E-state index is -0.935. The smallest absolute Gasteiger partial charge is 0.478 e. The molecule has 2 aromatic carbocycles. The second-order valence-electron chi connectivity index (χ2n) is 15.2. The Labute approximate surface area is 298 Å². The van der Waals surface area contributed by atoms with Gasteiger partial charge >= 0.3 is 26.3 Å². The van der Waals surface area contributed by atoms with Crippen molar-refractivity contribution in [3.8, 4) is 0 Å². The van der Waals surface area contributed by atoms with E-state index in [2.05, 4.69) is 17.6 Å². The lowest BCUT2D eigenvalue weighted by Gasteiger charge is -2.32. The maximum absolute atomic E-state index is 12.2. The predicted molar refractivity (Wildman–Crippen MR) is 197 cm³/mol. The maximum Gasteiger partial charge on any atom is 0.494 e. The number of aromatic carboxylic acids is 1. The molecule has 0 aliphatic carbocycles. The van der Waals surface area contributed by atoms with Crippen molar-refractivity contribution in [2.24, 2.45) is 5.73 Å². The van der Waals surface area contributed by atoms with Gasteiger partial charge in [0.2, 0.25) is 0 Å². The second-order valence-corrected chi connectivity index (χ2v) is 15.2. The van der Waals surface area contributed by atoms with Crippen molar-refractivity contribution in [1.82, 2.24) is 10.6 Å². The van der Waals surface area contributed by atoms with Crippen LogP contribution in [0.5, 0.6) is 0 Å². The van der Waals surface area contributed by atoms with E-state index in [4.69, 9.17) is 34.2 Å². The third-order valence-electron chi connectivity index (χ3n) is 8.75. The van der Waals surface area contributed by atoms with Gasteiger partial charge in [0.15, 0.2) is 0 Å². The van der Waals surface area contributed by atoms with Gasteiger partial charge in [-0.15, -0.1) is 0 Å². The number of nitrogens with two attached hydrogens (primary N) is 1. The molecule has 2 fully saturated rings. The summed E-state index contributed by atoms with van der Waals surface area (Å²) in [7, 11) is -0.905. The van der Waals surface area contributed by atoms with Crippen LogP contribution in [-0.2, 0) is 23.4 Å². The van der Waals surface area contributed by atoms with Crippen LogP contribution in [-0.4, -0.2) is 85.0 Å². The molecule has 2 heterocycles. The Morgan fingerprint density at radius 3 is 1.36 bits per heavy atom. The van der Waals surface area contributed by atoms with Gasteiger partial charge in [-0.25, -0.2) is 9.59 Å². The van der Waals surface area contributed by atoms with Crippen LogP contribution in [0.2, 0.25) is 0 Å². The van der Waals surface area contributed by atoms with Gasteiger partial charge in [-0.2, -0.15) is 0 Å². The van der Waals surface area contributed by atoms with Crippen molar-refractivity contribution >= 4 is 43.1 Å². The van der Waals surface area contributed by atoms with E-state index in [1.807, 2.05) is 67.5 Å². The summed E-state index contributed by atoms with van der Waals surface area (Å²) in [5.41, 5.74) is 5.37. The van der Waals surface area contributed by atoms with Crippen LogP contribution in [0.25, 0.3) is 0 Å². The fourth-order valence-corrected chi connectivity index (χ4v) is 4.29. The Kier molecular flexibility index (Phi) is 14.7. The number of ether oxygens (including phenoxy) is 1. The van der Waals surface area contributed by atoms with Crippen LogP contribution in [0.1, 0.15) is 110 Å². The number of nitrogens with one attached hydrogen (secondary N) is 2. The molecule has 0 aromatic heterocycles. The molecule has 2 aromatic rings. The van der Waals surface area contributed by atoms with E-state index in [1.165, 1.54) is 0 Å². The van der Waals surface area contributed by atoms with Gasteiger partial charge in [0.25, 0.3) is 5.91 Å². The number of benzene rings is 2. The van der Waals surface area contributed by atoms with Gasteiger partial charge in [0.1, 0.15) is 5.60 Å². The molecule has 5 N–H and O–H groups in total. The Hall–Kier alpha value is -3.42. The number of alkyl carbamates (subject to hydrolysis) is 1. The van der Waals surface area contributed by atoms with Gasteiger partial charge in [0.05, 0.1) is 28.0 Å². The molecule has 2 amide bonds. The monoisotopic (exact) mass is 697 g/mol. The first-order valence-corrected chi connectivity index (χ1v) is 17.0. The number of carboxylic acid groups (broad SMARTS) is 1. The number of amides is 2. The summed E-state index contributed by atoms with van der Waals surface area (Å²) in [4.78, 5) is 34.6. The van der Waals surface area contributed by atoms with Gasteiger partial charge in [-0.05, 0) is 124 Å². The summed E-state index contributed by atoms with van der Waals surface area (Å²) in [6, 6.07) is 13.7. The van der Waals surface area contributed by atoms with E-state index in [0.717, 1.165) is 23.9 Å². The molecular weight excluding hydrogens is 640 g/mol. The van der Waals surface area contributed by atoms with Crippen molar-refractivity contribution in [3.63, 3.8) is 0 Å². The van der Waals surface area contributed by atoms with E-state index in [0.29, 0.717) is 12.1 Å². The summed E-state index contributed by atoms with van der Waals surface area (Å²) < 4.78 is 28.9. The van der Waals surface area contributed by atoms with E-state index in [1.54, 1.807) is 57.2 Å². The summed E-state index contributed by atoms with van der Waals surface area (Å²) in [6.07, 6.45) is 0.591. The van der Waals surface area contributed by atoms with Crippen molar-refractivity contribution in [3.05, 3.63) is 59.7 Å². The summed E-state index contributed by atoms with van der Waals surface area (Å²) in [5.74, 6) is -1.15. The van der Waals surface area contributed by atoms with Crippen LogP contribution in [0, 0.1) is 0 Å². The highest BCUT2D eigenvalue weighted by atomic mass is 16.7. The molecule has 2 saturated heterocycles. The maximum atomic E-state index is 12.2.